The van der Waals surface area contributed by atoms with Gasteiger partial charge in [0.05, 0.1) is 11.0 Å². The highest BCUT2D eigenvalue weighted by molar-refractivity contribution is 9.10. The Hall–Kier alpha value is -0.230. The van der Waals surface area contributed by atoms with Crippen molar-refractivity contribution in [2.75, 3.05) is 0 Å². The summed E-state index contributed by atoms with van der Waals surface area (Å²) in [6.07, 6.45) is 0. The lowest BCUT2D eigenvalue weighted by molar-refractivity contribution is 1.65. The summed E-state index contributed by atoms with van der Waals surface area (Å²) < 4.78 is 0.633. The van der Waals surface area contributed by atoms with E-state index in [1.807, 2.05) is 0 Å². The normalized spacial score (nSPS) is 9.27. The number of nitrogens with zero attached hydrogens (tertiary/aromatic N) is 1. The summed E-state index contributed by atoms with van der Waals surface area (Å²) >= 11 is 14.6. The molecule has 0 aliphatic heterocycles. The predicted molar refractivity (Wildman–Crippen MR) is 50.4 cm³/mol. The van der Waals surface area contributed by atoms with Gasteiger partial charge in [0.15, 0.2) is 5.69 Å². The van der Waals surface area contributed by atoms with E-state index in [0.717, 1.165) is 0 Å². The molecule has 0 bridgehead atoms. The summed E-state index contributed by atoms with van der Waals surface area (Å²) in [5, 5.41) is 0.923. The zero-order valence-electron chi connectivity index (χ0n) is 5.24. The molecule has 0 spiro atoms. The fourth-order valence-electron chi connectivity index (χ4n) is 0.607. The Bertz CT molecular complexity index is 307. The molecule has 0 radical (unpaired) electrons. The first-order chi connectivity index (χ1) is 5.15. The molecule has 1 aromatic rings. The van der Waals surface area contributed by atoms with Crippen molar-refractivity contribution in [1.29, 1.82) is 0 Å². The second kappa shape index (κ2) is 3.44. The maximum Gasteiger partial charge on any atom is 0.190 e. The van der Waals surface area contributed by atoms with Gasteiger partial charge in [0, 0.05) is 10.0 Å². The average Bonchev–Trinajstić information content (AvgIpc) is 1.99. The average molecular weight is 251 g/mol. The number of hydrogen-bond donors (Lipinski definition) is 0. The van der Waals surface area contributed by atoms with Crippen LogP contribution in [0.2, 0.25) is 10.0 Å². The van der Waals surface area contributed by atoms with Crippen LogP contribution in [0.4, 0.5) is 5.69 Å². The summed E-state index contributed by atoms with van der Waals surface area (Å²) in [4.78, 5) is 3.19. The van der Waals surface area contributed by atoms with Gasteiger partial charge >= 0.3 is 0 Å². The lowest BCUT2D eigenvalue weighted by atomic mass is 10.3. The third-order valence-corrected chi connectivity index (χ3v) is 3.00. The zero-order valence-corrected chi connectivity index (χ0v) is 8.33. The number of hydrogen-bond acceptors (Lipinski definition) is 0. The molecule has 0 aliphatic rings. The third-order valence-electron chi connectivity index (χ3n) is 1.10. The molecule has 56 valence electrons. The van der Waals surface area contributed by atoms with Crippen molar-refractivity contribution in [1.82, 2.24) is 0 Å². The monoisotopic (exact) mass is 249 g/mol. The van der Waals surface area contributed by atoms with Crippen LogP contribution in [0.5, 0.6) is 0 Å². The van der Waals surface area contributed by atoms with Gasteiger partial charge in [0.2, 0.25) is 0 Å². The molecule has 0 heterocycles. The minimum atomic E-state index is 0.447. The number of rotatable bonds is 0. The van der Waals surface area contributed by atoms with E-state index in [2.05, 4.69) is 20.8 Å². The minimum absolute atomic E-state index is 0.447. The van der Waals surface area contributed by atoms with Crippen molar-refractivity contribution in [2.24, 2.45) is 0 Å². The molecule has 0 saturated heterocycles. The van der Waals surface area contributed by atoms with Crippen molar-refractivity contribution in [3.63, 3.8) is 0 Å². The highest BCUT2D eigenvalue weighted by atomic mass is 79.9. The van der Waals surface area contributed by atoms with E-state index < -0.39 is 0 Å². The highest BCUT2D eigenvalue weighted by Crippen LogP contribution is 2.34. The Kier molecular flexibility index (Phi) is 2.78. The van der Waals surface area contributed by atoms with Crippen LogP contribution in [0.1, 0.15) is 0 Å². The van der Waals surface area contributed by atoms with Crippen LogP contribution in [-0.2, 0) is 0 Å². The Morgan fingerprint density at radius 2 is 1.73 bits per heavy atom. The first kappa shape index (κ1) is 8.86. The molecule has 4 heteroatoms. The summed E-state index contributed by atoms with van der Waals surface area (Å²) in [6.45, 7) is 6.70. The van der Waals surface area contributed by atoms with Crippen molar-refractivity contribution in [2.45, 2.75) is 0 Å². The molecule has 0 aliphatic carbocycles. The molecular formula is C7H2BrCl2N. The maximum absolute atomic E-state index is 6.70. The molecule has 1 nitrogen and oxygen atoms in total. The van der Waals surface area contributed by atoms with E-state index in [9.17, 15) is 0 Å². The van der Waals surface area contributed by atoms with Gasteiger partial charge in [-0.1, -0.05) is 23.2 Å². The molecule has 0 atom stereocenters. The summed E-state index contributed by atoms with van der Waals surface area (Å²) in [5.74, 6) is 0. The van der Waals surface area contributed by atoms with Gasteiger partial charge in [0.25, 0.3) is 0 Å². The molecule has 0 saturated carbocycles. The molecule has 1 rings (SSSR count). The highest BCUT2D eigenvalue weighted by Gasteiger charge is 2.03. The van der Waals surface area contributed by atoms with Gasteiger partial charge in [0.1, 0.15) is 0 Å². The van der Waals surface area contributed by atoms with Crippen LogP contribution < -0.4 is 0 Å². The van der Waals surface area contributed by atoms with E-state index in [1.54, 1.807) is 12.1 Å². The Balaban J connectivity index is 3.35. The fraction of sp³-hybridized carbons (Fsp3) is 0. The van der Waals surface area contributed by atoms with Gasteiger partial charge in [-0.15, -0.1) is 0 Å². The molecule has 0 unspecified atom stereocenters. The number of halogens is 3. The standard InChI is InChI=1S/C7H2BrCl2N/c1-11-4-2-5(9)7(8)6(10)3-4/h2-3H. The van der Waals surface area contributed by atoms with Gasteiger partial charge < -0.3 is 0 Å². The topological polar surface area (TPSA) is 4.36 Å². The van der Waals surface area contributed by atoms with Crippen LogP contribution in [0, 0.1) is 6.57 Å². The molecule has 0 amide bonds. The molecular weight excluding hydrogens is 249 g/mol. The van der Waals surface area contributed by atoms with Gasteiger partial charge in [-0.3, -0.25) is 0 Å². The summed E-state index contributed by atoms with van der Waals surface area (Å²) in [6, 6.07) is 3.12. The van der Waals surface area contributed by atoms with E-state index in [1.165, 1.54) is 0 Å². The van der Waals surface area contributed by atoms with E-state index in [0.29, 0.717) is 20.2 Å². The molecule has 0 aromatic heterocycles. The van der Waals surface area contributed by atoms with Crippen LogP contribution in [0.15, 0.2) is 16.6 Å². The quantitative estimate of drug-likeness (QED) is 0.478. The van der Waals surface area contributed by atoms with Gasteiger partial charge in [-0.25, -0.2) is 4.85 Å². The van der Waals surface area contributed by atoms with E-state index in [-0.39, 0.29) is 0 Å². The van der Waals surface area contributed by atoms with Crippen molar-refractivity contribution in [3.05, 3.63) is 38.1 Å². The molecule has 1 aromatic carbocycles. The van der Waals surface area contributed by atoms with Crippen LogP contribution in [0.3, 0.4) is 0 Å². The van der Waals surface area contributed by atoms with Crippen LogP contribution >= 0.6 is 39.1 Å². The van der Waals surface area contributed by atoms with Crippen molar-refractivity contribution < 1.29 is 0 Å². The number of benzene rings is 1. The smallest absolute Gasteiger partial charge is 0.190 e. The second-order valence-corrected chi connectivity index (χ2v) is 3.44. The van der Waals surface area contributed by atoms with E-state index in [4.69, 9.17) is 29.8 Å². The summed E-state index contributed by atoms with van der Waals surface area (Å²) in [5.41, 5.74) is 0.447. The molecule has 0 fully saturated rings. The maximum atomic E-state index is 6.70. The SMILES string of the molecule is [C-]#[N+]c1cc(Cl)c(Br)c(Cl)c1. The Labute approximate surface area is 82.9 Å². The lowest BCUT2D eigenvalue weighted by Gasteiger charge is -1.98. The minimum Gasteiger partial charge on any atom is -0.238 e. The van der Waals surface area contributed by atoms with Gasteiger partial charge in [-0.05, 0) is 28.1 Å². The summed E-state index contributed by atoms with van der Waals surface area (Å²) in [7, 11) is 0. The van der Waals surface area contributed by atoms with Crippen LogP contribution in [-0.4, -0.2) is 0 Å². The third kappa shape index (κ3) is 1.87. The van der Waals surface area contributed by atoms with E-state index >= 15 is 0 Å². The van der Waals surface area contributed by atoms with Crippen LogP contribution in [0.25, 0.3) is 4.85 Å². The van der Waals surface area contributed by atoms with Crippen molar-refractivity contribution in [3.8, 4) is 0 Å². The Morgan fingerprint density at radius 1 is 1.27 bits per heavy atom. The molecule has 0 N–H and O–H groups in total. The lowest BCUT2D eigenvalue weighted by Crippen LogP contribution is -1.70. The zero-order chi connectivity index (χ0) is 8.43. The van der Waals surface area contributed by atoms with Crippen molar-refractivity contribution >= 4 is 44.8 Å². The first-order valence-corrected chi connectivity index (χ1v) is 4.22. The molecule has 11 heavy (non-hydrogen) atoms. The second-order valence-electron chi connectivity index (χ2n) is 1.84. The van der Waals surface area contributed by atoms with Gasteiger partial charge in [-0.2, -0.15) is 0 Å². The Morgan fingerprint density at radius 3 is 2.09 bits per heavy atom. The predicted octanol–water partition coefficient (Wildman–Crippen LogP) is 4.31. The fourth-order valence-corrected chi connectivity index (χ4v) is 1.31. The largest absolute Gasteiger partial charge is 0.238 e. The first-order valence-electron chi connectivity index (χ1n) is 2.67.